The van der Waals surface area contributed by atoms with Gasteiger partial charge < -0.3 is 4.74 Å². The van der Waals surface area contributed by atoms with Gasteiger partial charge in [0.05, 0.1) is 40.8 Å². The fourth-order valence-electron chi connectivity index (χ4n) is 8.20. The zero-order chi connectivity index (χ0) is 40.1. The highest BCUT2D eigenvalue weighted by atomic mass is 35.5. The quantitative estimate of drug-likeness (QED) is 0.105. The van der Waals surface area contributed by atoms with Crippen LogP contribution < -0.4 is 4.74 Å². The Kier molecular flexibility index (Phi) is 10.1. The van der Waals surface area contributed by atoms with Gasteiger partial charge in [-0.05, 0) is 105 Å². The maximum Gasteiger partial charge on any atom is 0.266 e. The van der Waals surface area contributed by atoms with E-state index >= 15 is 0 Å². The molecule has 12 nitrogen and oxygen atoms in total. The number of aryl methyl sites for hydroxylation is 1. The number of carbonyl (C=O) groups excluding carboxylic acids is 4. The van der Waals surface area contributed by atoms with Gasteiger partial charge in [-0.15, -0.1) is 21.5 Å². The number of likely N-dealkylation sites (tertiary alicyclic amines) is 1. The number of hydrogen-bond acceptors (Lipinski definition) is 11. The summed E-state index contributed by atoms with van der Waals surface area (Å²) in [4.78, 5) is 65.1. The molecule has 0 spiro atoms. The summed E-state index contributed by atoms with van der Waals surface area (Å²) in [5.74, 6) is 7.31. The fourth-order valence-corrected chi connectivity index (χ4v) is 9.55. The Bertz CT molecular complexity index is 2590. The van der Waals surface area contributed by atoms with Crippen molar-refractivity contribution in [2.45, 2.75) is 65.1 Å². The molecule has 58 heavy (non-hydrogen) atoms. The van der Waals surface area contributed by atoms with Crippen molar-refractivity contribution in [3.8, 4) is 22.6 Å². The van der Waals surface area contributed by atoms with Crippen molar-refractivity contribution < 1.29 is 23.9 Å². The number of halogens is 1. The summed E-state index contributed by atoms with van der Waals surface area (Å²) in [5.41, 5.74) is 6.16. The molecule has 1 aliphatic carbocycles. The Hall–Kier alpha value is -5.81. The molecule has 4 aliphatic rings. The van der Waals surface area contributed by atoms with Crippen molar-refractivity contribution in [2.75, 3.05) is 19.7 Å². The summed E-state index contributed by atoms with van der Waals surface area (Å²) in [5, 5.41) is 10.4. The number of carbonyl (C=O) groups is 4. The molecule has 0 N–H and O–H groups in total. The van der Waals surface area contributed by atoms with Gasteiger partial charge in [0.1, 0.15) is 34.6 Å². The summed E-state index contributed by atoms with van der Waals surface area (Å²) >= 11 is 7.82. The number of ether oxygens (including phenoxy) is 1. The molecule has 14 heteroatoms. The Balaban J connectivity index is 0.821. The number of benzene rings is 2. The second kappa shape index (κ2) is 15.5. The van der Waals surface area contributed by atoms with Gasteiger partial charge in [0.2, 0.25) is 0 Å². The van der Waals surface area contributed by atoms with Crippen molar-refractivity contribution in [1.29, 1.82) is 0 Å². The molecule has 2 amide bonds. The van der Waals surface area contributed by atoms with Crippen molar-refractivity contribution in [2.24, 2.45) is 10.9 Å². The van der Waals surface area contributed by atoms with Gasteiger partial charge in [-0.25, -0.2) is 4.98 Å². The zero-order valence-corrected chi connectivity index (χ0v) is 33.5. The molecule has 9 rings (SSSR count). The third kappa shape index (κ3) is 7.06. The molecule has 5 aromatic rings. The average molecular weight is 812 g/mol. The van der Waals surface area contributed by atoms with E-state index in [0.717, 1.165) is 86.9 Å². The van der Waals surface area contributed by atoms with Crippen molar-refractivity contribution >= 4 is 52.0 Å². The minimum absolute atomic E-state index is 0.160. The first-order valence-corrected chi connectivity index (χ1v) is 20.5. The third-order valence-corrected chi connectivity index (χ3v) is 12.8. The lowest BCUT2D eigenvalue weighted by Gasteiger charge is -2.31. The second-order valence-electron chi connectivity index (χ2n) is 15.1. The average Bonchev–Trinajstić information content (AvgIpc) is 3.79. The van der Waals surface area contributed by atoms with Crippen LogP contribution in [0.2, 0.25) is 5.02 Å². The minimum atomic E-state index is -0.909. The topological polar surface area (TPSA) is 140 Å². The third-order valence-electron chi connectivity index (χ3n) is 11.3. The molecule has 1 saturated heterocycles. The molecule has 6 heterocycles. The van der Waals surface area contributed by atoms with Gasteiger partial charge in [-0.3, -0.25) is 38.5 Å². The highest BCUT2D eigenvalue weighted by molar-refractivity contribution is 7.15. The standard InChI is InChI=1S/C44H38ClN7O5S/c1-25-37(58-44-39(25)41(29-7-9-30(45)10-8-29)47-22-38-49-48-26(2)51(38)44)15-12-31-11-6-28(21-46-31)23-50-18-16-27(17-19-50)24-57-36-5-3-4-33-40(36)43(56)52(42(33)55)34-14-13-32(53)20-35(34)54/h3-11,21,27,34H,13-14,16-20,22-24H2,1-2H3. The Morgan fingerprint density at radius 1 is 0.914 bits per heavy atom. The molecule has 2 fully saturated rings. The van der Waals surface area contributed by atoms with Crippen LogP contribution in [0.1, 0.15) is 97.3 Å². The molecule has 0 radical (unpaired) electrons. The van der Waals surface area contributed by atoms with E-state index in [1.807, 2.05) is 43.5 Å². The van der Waals surface area contributed by atoms with Crippen LogP contribution in [-0.2, 0) is 22.7 Å². The van der Waals surface area contributed by atoms with E-state index in [-0.39, 0.29) is 47.9 Å². The molecule has 1 atom stereocenters. The number of imide groups is 1. The highest BCUT2D eigenvalue weighted by Gasteiger charge is 2.46. The lowest BCUT2D eigenvalue weighted by Crippen LogP contribution is -2.47. The lowest BCUT2D eigenvalue weighted by atomic mass is 9.92. The van der Waals surface area contributed by atoms with Gasteiger partial charge in [-0.1, -0.05) is 35.9 Å². The van der Waals surface area contributed by atoms with Crippen LogP contribution in [0, 0.1) is 31.6 Å². The Morgan fingerprint density at radius 2 is 1.72 bits per heavy atom. The number of piperidine rings is 1. The SMILES string of the molecule is Cc1c(C#Cc2ccc(CN3CCC(COc4cccc5c4C(=O)N(C4CCC(=O)CC4=O)C5=O)CC3)cn2)sc2c1C(c1ccc(Cl)cc1)=NCc1nnc(C)n1-2. The zero-order valence-electron chi connectivity index (χ0n) is 32.0. The van der Waals surface area contributed by atoms with Crippen LogP contribution in [0.3, 0.4) is 0 Å². The number of thiophene rings is 1. The molecule has 2 aromatic carbocycles. The Labute approximate surface area is 343 Å². The van der Waals surface area contributed by atoms with E-state index in [1.54, 1.807) is 29.5 Å². The Morgan fingerprint density at radius 3 is 2.48 bits per heavy atom. The minimum Gasteiger partial charge on any atom is -0.492 e. The molecule has 1 unspecified atom stereocenters. The first-order valence-electron chi connectivity index (χ1n) is 19.4. The van der Waals surface area contributed by atoms with E-state index in [2.05, 4.69) is 44.5 Å². The summed E-state index contributed by atoms with van der Waals surface area (Å²) in [7, 11) is 0. The van der Waals surface area contributed by atoms with Gasteiger partial charge in [0.15, 0.2) is 11.6 Å². The predicted molar refractivity (Wildman–Crippen MR) is 218 cm³/mol. The summed E-state index contributed by atoms with van der Waals surface area (Å²) < 4.78 is 8.27. The normalized spacial score (nSPS) is 18.3. The van der Waals surface area contributed by atoms with Gasteiger partial charge >= 0.3 is 0 Å². The molecular weight excluding hydrogens is 774 g/mol. The van der Waals surface area contributed by atoms with Crippen LogP contribution in [0.5, 0.6) is 5.75 Å². The van der Waals surface area contributed by atoms with E-state index in [4.69, 9.17) is 26.3 Å². The number of rotatable bonds is 7. The van der Waals surface area contributed by atoms with Crippen LogP contribution >= 0.6 is 22.9 Å². The predicted octanol–water partition coefficient (Wildman–Crippen LogP) is 6.32. The first-order chi connectivity index (χ1) is 28.1. The van der Waals surface area contributed by atoms with Gasteiger partial charge in [0, 0.05) is 35.3 Å². The number of aromatic nitrogens is 4. The summed E-state index contributed by atoms with van der Waals surface area (Å²) in [6.07, 6.45) is 3.83. The van der Waals surface area contributed by atoms with Crippen molar-refractivity contribution in [3.05, 3.63) is 121 Å². The molecule has 0 bridgehead atoms. The smallest absolute Gasteiger partial charge is 0.266 e. The van der Waals surface area contributed by atoms with E-state index in [1.165, 1.54) is 0 Å². The number of nitrogens with zero attached hydrogens (tertiary/aromatic N) is 7. The van der Waals surface area contributed by atoms with Crippen LogP contribution in [0.25, 0.3) is 5.00 Å². The lowest BCUT2D eigenvalue weighted by molar-refractivity contribution is -0.132. The van der Waals surface area contributed by atoms with Crippen LogP contribution in [0.15, 0.2) is 65.8 Å². The van der Waals surface area contributed by atoms with Crippen LogP contribution in [-0.4, -0.2) is 84.4 Å². The second-order valence-corrected chi connectivity index (χ2v) is 16.6. The van der Waals surface area contributed by atoms with Crippen molar-refractivity contribution in [3.63, 3.8) is 0 Å². The van der Waals surface area contributed by atoms with Crippen LogP contribution in [0.4, 0.5) is 0 Å². The molecule has 3 aromatic heterocycles. The maximum atomic E-state index is 13.5. The van der Waals surface area contributed by atoms with Gasteiger partial charge in [-0.2, -0.15) is 0 Å². The maximum absolute atomic E-state index is 13.5. The molecule has 292 valence electrons. The number of amides is 2. The van der Waals surface area contributed by atoms with Crippen molar-refractivity contribution in [1.82, 2.24) is 29.5 Å². The van der Waals surface area contributed by atoms with E-state index < -0.39 is 17.9 Å². The molecule has 3 aliphatic heterocycles. The number of fused-ring (bicyclic) bond motifs is 4. The van der Waals surface area contributed by atoms with Gasteiger partial charge in [0.25, 0.3) is 11.8 Å². The van der Waals surface area contributed by atoms with E-state index in [9.17, 15) is 19.2 Å². The first kappa shape index (κ1) is 37.7. The number of hydrogen-bond donors (Lipinski definition) is 0. The number of aliphatic imine (C=N–C) groups is 1. The molecule has 1 saturated carbocycles. The number of ketones is 2. The summed E-state index contributed by atoms with van der Waals surface area (Å²) in [6.45, 7) is 7.40. The summed E-state index contributed by atoms with van der Waals surface area (Å²) in [6, 6.07) is 15.9. The number of Topliss-reactive ketones (excluding diaryl/α,β-unsaturated/α-hetero) is 2. The molecular formula is C44H38ClN7O5S. The van der Waals surface area contributed by atoms with E-state index in [0.29, 0.717) is 29.6 Å². The fraction of sp³-hybridized carbons (Fsp3) is 0.318. The highest BCUT2D eigenvalue weighted by Crippen LogP contribution is 2.37. The number of pyridine rings is 1. The monoisotopic (exact) mass is 811 g/mol. The largest absolute Gasteiger partial charge is 0.492 e.